The molecule has 84 heavy (non-hydrogen) atoms. The fourth-order valence-electron chi connectivity index (χ4n) is 11.8. The second kappa shape index (κ2) is 73.3. The lowest BCUT2D eigenvalue weighted by atomic mass is 10.0. The standard InChI is InChI=1S/C78H147NO5/c1-3-5-7-9-11-13-15-17-19-21-23-24-25-28-31-35-38-42-46-50-54-58-62-66-70-76(81)75(74-80)79-77(82)71-67-63-59-55-51-47-43-39-36-32-29-26-27-30-33-37-41-45-49-53-57-61-65-69-73-84-78(83)72-68-64-60-56-52-48-44-40-34-22-20-18-16-14-12-10-8-6-4-2/h12,14,18,20,29,32,66,70,75-76,80-81H,3-11,13,15-17,19,21-28,30-31,33-65,67-69,71-74H2,1-2H3,(H,79,82)/b14-12-,20-18-,32-29-,70-66+. The molecule has 0 aromatic rings. The van der Waals surface area contributed by atoms with Crippen LogP contribution in [0.2, 0.25) is 0 Å². The van der Waals surface area contributed by atoms with Gasteiger partial charge in [-0.15, -0.1) is 0 Å². The number of allylic oxidation sites excluding steroid dienone is 7. The highest BCUT2D eigenvalue weighted by Gasteiger charge is 2.18. The molecule has 2 atom stereocenters. The molecule has 0 saturated heterocycles. The summed E-state index contributed by atoms with van der Waals surface area (Å²) in [6.07, 6.45) is 96.3. The Hall–Kier alpha value is -2.18. The van der Waals surface area contributed by atoms with Crippen LogP contribution in [-0.2, 0) is 14.3 Å². The van der Waals surface area contributed by atoms with E-state index in [1.54, 1.807) is 6.08 Å². The monoisotopic (exact) mass is 1180 g/mol. The fraction of sp³-hybridized carbons (Fsp3) is 0.872. The van der Waals surface area contributed by atoms with E-state index in [2.05, 4.69) is 55.6 Å². The van der Waals surface area contributed by atoms with Crippen LogP contribution in [0.25, 0.3) is 0 Å². The summed E-state index contributed by atoms with van der Waals surface area (Å²) >= 11 is 0. The van der Waals surface area contributed by atoms with Crippen LogP contribution in [-0.4, -0.2) is 47.4 Å². The molecule has 0 aromatic heterocycles. The Morgan fingerprint density at radius 3 is 0.940 bits per heavy atom. The van der Waals surface area contributed by atoms with Gasteiger partial charge in [-0.3, -0.25) is 9.59 Å². The van der Waals surface area contributed by atoms with Gasteiger partial charge in [0.25, 0.3) is 0 Å². The Bertz CT molecular complexity index is 1400. The molecule has 0 radical (unpaired) electrons. The molecule has 494 valence electrons. The molecule has 1 amide bonds. The van der Waals surface area contributed by atoms with Crippen molar-refractivity contribution in [3.05, 3.63) is 48.6 Å². The van der Waals surface area contributed by atoms with Gasteiger partial charge in [0.2, 0.25) is 5.91 Å². The first kappa shape index (κ1) is 81.8. The third-order valence-corrected chi connectivity index (χ3v) is 17.6. The number of hydrogen-bond acceptors (Lipinski definition) is 5. The van der Waals surface area contributed by atoms with Crippen LogP contribution < -0.4 is 5.32 Å². The van der Waals surface area contributed by atoms with Gasteiger partial charge in [-0.05, 0) is 89.9 Å². The topological polar surface area (TPSA) is 95.9 Å². The van der Waals surface area contributed by atoms with Crippen molar-refractivity contribution >= 4 is 11.9 Å². The minimum Gasteiger partial charge on any atom is -0.466 e. The number of aliphatic hydroxyl groups is 2. The first-order chi connectivity index (χ1) is 41.5. The highest BCUT2D eigenvalue weighted by Crippen LogP contribution is 2.19. The lowest BCUT2D eigenvalue weighted by Crippen LogP contribution is -2.45. The molecule has 0 aliphatic carbocycles. The van der Waals surface area contributed by atoms with Crippen LogP contribution in [0.1, 0.15) is 412 Å². The summed E-state index contributed by atoms with van der Waals surface area (Å²) in [7, 11) is 0. The van der Waals surface area contributed by atoms with Gasteiger partial charge in [-0.1, -0.05) is 358 Å². The van der Waals surface area contributed by atoms with Crippen LogP contribution in [0.4, 0.5) is 0 Å². The summed E-state index contributed by atoms with van der Waals surface area (Å²) in [6.45, 7) is 4.91. The number of nitrogens with one attached hydrogen (secondary N) is 1. The van der Waals surface area contributed by atoms with E-state index in [-0.39, 0.29) is 18.5 Å². The van der Waals surface area contributed by atoms with Crippen LogP contribution in [0.3, 0.4) is 0 Å². The summed E-state index contributed by atoms with van der Waals surface area (Å²) in [4.78, 5) is 24.7. The molecule has 0 saturated carbocycles. The molecule has 0 fully saturated rings. The third-order valence-electron chi connectivity index (χ3n) is 17.6. The Morgan fingerprint density at radius 2 is 0.595 bits per heavy atom. The van der Waals surface area contributed by atoms with E-state index < -0.39 is 12.1 Å². The van der Waals surface area contributed by atoms with E-state index >= 15 is 0 Å². The van der Waals surface area contributed by atoms with Crippen molar-refractivity contribution in [1.29, 1.82) is 0 Å². The van der Waals surface area contributed by atoms with Gasteiger partial charge in [0.15, 0.2) is 0 Å². The smallest absolute Gasteiger partial charge is 0.305 e. The van der Waals surface area contributed by atoms with Gasteiger partial charge < -0.3 is 20.3 Å². The molecule has 0 rings (SSSR count). The summed E-state index contributed by atoms with van der Waals surface area (Å²) in [5, 5.41) is 23.3. The quantitative estimate of drug-likeness (QED) is 0.0320. The van der Waals surface area contributed by atoms with Crippen molar-refractivity contribution in [3.8, 4) is 0 Å². The van der Waals surface area contributed by atoms with Crippen LogP contribution in [0.5, 0.6) is 0 Å². The largest absolute Gasteiger partial charge is 0.466 e. The molecule has 0 spiro atoms. The molecule has 6 nitrogen and oxygen atoms in total. The van der Waals surface area contributed by atoms with Crippen molar-refractivity contribution in [2.75, 3.05) is 13.2 Å². The van der Waals surface area contributed by atoms with E-state index in [1.165, 1.54) is 334 Å². The molecule has 0 aliphatic rings. The normalized spacial score (nSPS) is 12.8. The van der Waals surface area contributed by atoms with Gasteiger partial charge in [0.05, 0.1) is 25.4 Å². The second-order valence-electron chi connectivity index (χ2n) is 26.0. The van der Waals surface area contributed by atoms with Gasteiger partial charge in [0.1, 0.15) is 0 Å². The Balaban J connectivity index is 3.42. The molecule has 0 heterocycles. The Labute approximate surface area is 525 Å². The molecule has 0 bridgehead atoms. The minimum absolute atomic E-state index is 0.00882. The van der Waals surface area contributed by atoms with E-state index in [9.17, 15) is 19.8 Å². The fourth-order valence-corrected chi connectivity index (χ4v) is 11.8. The SMILES string of the molecule is CCCCC/C=C\C/C=C\CCCCCCCCCCCC(=O)OCCCCCCCCCCCCCC/C=C\CCCCCCCCCCC(=O)NC(CO)C(O)/C=C/CCCCCCCCCCCCCCCCCCCCCCCC. The number of unbranched alkanes of at least 4 members (excludes halogenated alkanes) is 54. The van der Waals surface area contributed by atoms with Crippen molar-refractivity contribution in [1.82, 2.24) is 5.32 Å². The van der Waals surface area contributed by atoms with Gasteiger partial charge in [0, 0.05) is 12.8 Å². The molecular weight excluding hydrogens is 1030 g/mol. The number of hydrogen-bond donors (Lipinski definition) is 3. The maximum absolute atomic E-state index is 12.5. The average Bonchev–Trinajstić information content (AvgIpc) is 3.51. The van der Waals surface area contributed by atoms with E-state index in [4.69, 9.17) is 4.74 Å². The predicted octanol–water partition coefficient (Wildman–Crippen LogP) is 24.8. The lowest BCUT2D eigenvalue weighted by molar-refractivity contribution is -0.143. The summed E-state index contributed by atoms with van der Waals surface area (Å²) < 4.78 is 5.51. The second-order valence-corrected chi connectivity index (χ2v) is 26.0. The van der Waals surface area contributed by atoms with Crippen molar-refractivity contribution in [2.45, 2.75) is 424 Å². The minimum atomic E-state index is -0.850. The molecular formula is C78H147NO5. The molecule has 6 heteroatoms. The zero-order valence-corrected chi connectivity index (χ0v) is 56.6. The zero-order valence-electron chi connectivity index (χ0n) is 56.6. The number of carbonyl (C=O) groups excluding carboxylic acids is 2. The lowest BCUT2D eigenvalue weighted by Gasteiger charge is -2.20. The van der Waals surface area contributed by atoms with Crippen molar-refractivity contribution < 1.29 is 24.5 Å². The molecule has 3 N–H and O–H groups in total. The van der Waals surface area contributed by atoms with E-state index in [0.29, 0.717) is 19.4 Å². The first-order valence-corrected chi connectivity index (χ1v) is 37.9. The summed E-state index contributed by atoms with van der Waals surface area (Å²) in [5.74, 6) is -0.0598. The number of ether oxygens (including phenoxy) is 1. The van der Waals surface area contributed by atoms with Gasteiger partial charge >= 0.3 is 5.97 Å². The summed E-state index contributed by atoms with van der Waals surface area (Å²) in [6, 6.07) is -0.634. The highest BCUT2D eigenvalue weighted by molar-refractivity contribution is 5.76. The van der Waals surface area contributed by atoms with Crippen LogP contribution in [0.15, 0.2) is 48.6 Å². The predicted molar refractivity (Wildman–Crippen MR) is 370 cm³/mol. The van der Waals surface area contributed by atoms with Gasteiger partial charge in [-0.2, -0.15) is 0 Å². The van der Waals surface area contributed by atoms with Crippen LogP contribution >= 0.6 is 0 Å². The summed E-state index contributed by atoms with van der Waals surface area (Å²) in [5.41, 5.74) is 0. The maximum atomic E-state index is 12.5. The average molecular weight is 1180 g/mol. The maximum Gasteiger partial charge on any atom is 0.305 e. The van der Waals surface area contributed by atoms with Crippen molar-refractivity contribution in [3.63, 3.8) is 0 Å². The number of amides is 1. The van der Waals surface area contributed by atoms with Crippen LogP contribution in [0, 0.1) is 0 Å². The number of carbonyl (C=O) groups is 2. The highest BCUT2D eigenvalue weighted by atomic mass is 16.5. The first-order valence-electron chi connectivity index (χ1n) is 37.9. The number of rotatable bonds is 71. The van der Waals surface area contributed by atoms with Crippen molar-refractivity contribution in [2.24, 2.45) is 0 Å². The molecule has 0 aromatic carbocycles. The zero-order chi connectivity index (χ0) is 60.6. The molecule has 0 aliphatic heterocycles. The Morgan fingerprint density at radius 1 is 0.333 bits per heavy atom. The number of aliphatic hydroxyl groups excluding tert-OH is 2. The third kappa shape index (κ3) is 68.9. The number of esters is 1. The Kier molecular flexibility index (Phi) is 71.4. The van der Waals surface area contributed by atoms with E-state index in [0.717, 1.165) is 51.4 Å². The van der Waals surface area contributed by atoms with Gasteiger partial charge in [-0.25, -0.2) is 0 Å². The van der Waals surface area contributed by atoms with E-state index in [1.807, 2.05) is 6.08 Å². The molecule has 2 unspecified atom stereocenters.